The van der Waals surface area contributed by atoms with Crippen molar-refractivity contribution in [2.75, 3.05) is 6.54 Å². The van der Waals surface area contributed by atoms with Crippen LogP contribution < -0.4 is 5.32 Å². The summed E-state index contributed by atoms with van der Waals surface area (Å²) in [5, 5.41) is 11.3. The van der Waals surface area contributed by atoms with Gasteiger partial charge in [-0.1, -0.05) is 19.1 Å². The Bertz CT molecular complexity index is 536. The lowest BCUT2D eigenvalue weighted by molar-refractivity contribution is 0.583. The third kappa shape index (κ3) is 3.17. The van der Waals surface area contributed by atoms with Crippen molar-refractivity contribution < 1.29 is 4.39 Å². The highest BCUT2D eigenvalue weighted by Crippen LogP contribution is 2.24. The third-order valence-corrected chi connectivity index (χ3v) is 2.96. The van der Waals surface area contributed by atoms with Crippen molar-refractivity contribution in [2.45, 2.75) is 33.4 Å². The van der Waals surface area contributed by atoms with Gasteiger partial charge in [-0.2, -0.15) is 0 Å². The van der Waals surface area contributed by atoms with Crippen LogP contribution in [0.5, 0.6) is 0 Å². The Morgan fingerprint density at radius 3 is 2.89 bits per heavy atom. The second-order valence-corrected chi connectivity index (χ2v) is 4.42. The number of halogens is 1. The van der Waals surface area contributed by atoms with E-state index < -0.39 is 0 Å². The Labute approximate surface area is 112 Å². The summed E-state index contributed by atoms with van der Waals surface area (Å²) in [5.41, 5.74) is 2.86. The van der Waals surface area contributed by atoms with E-state index in [2.05, 4.69) is 22.6 Å². The molecule has 1 N–H and O–H groups in total. The number of aromatic nitrogens is 3. The summed E-state index contributed by atoms with van der Waals surface area (Å²) in [4.78, 5) is 0. The maximum atomic E-state index is 13.4. The van der Waals surface area contributed by atoms with Crippen molar-refractivity contribution in [2.24, 2.45) is 0 Å². The predicted molar refractivity (Wildman–Crippen MR) is 73.1 cm³/mol. The molecule has 2 aromatic rings. The van der Waals surface area contributed by atoms with E-state index in [9.17, 15) is 4.39 Å². The van der Waals surface area contributed by atoms with Gasteiger partial charge in [0, 0.05) is 18.7 Å². The monoisotopic (exact) mass is 262 g/mol. The fourth-order valence-corrected chi connectivity index (χ4v) is 2.06. The lowest BCUT2D eigenvalue weighted by Crippen LogP contribution is -2.13. The van der Waals surface area contributed by atoms with Gasteiger partial charge < -0.3 is 5.32 Å². The van der Waals surface area contributed by atoms with Crippen LogP contribution in [0.2, 0.25) is 0 Å². The van der Waals surface area contributed by atoms with Gasteiger partial charge in [-0.05, 0) is 36.7 Å². The molecule has 1 aromatic carbocycles. The van der Waals surface area contributed by atoms with Gasteiger partial charge >= 0.3 is 0 Å². The number of aryl methyl sites for hydroxylation is 1. The van der Waals surface area contributed by atoms with E-state index in [0.29, 0.717) is 6.54 Å². The molecule has 0 atom stereocenters. The number of hydrogen-bond donors (Lipinski definition) is 1. The van der Waals surface area contributed by atoms with Crippen molar-refractivity contribution in [1.82, 2.24) is 20.3 Å². The molecule has 0 radical (unpaired) electrons. The van der Waals surface area contributed by atoms with Crippen LogP contribution in [0.4, 0.5) is 4.39 Å². The van der Waals surface area contributed by atoms with Crippen molar-refractivity contribution in [3.8, 4) is 11.3 Å². The third-order valence-electron chi connectivity index (χ3n) is 2.96. The van der Waals surface area contributed by atoms with E-state index in [1.807, 2.05) is 11.6 Å². The smallest absolute Gasteiger partial charge is 0.123 e. The van der Waals surface area contributed by atoms with Gasteiger partial charge in [0.1, 0.15) is 5.82 Å². The first kappa shape index (κ1) is 13.7. The van der Waals surface area contributed by atoms with Crippen molar-refractivity contribution in [1.29, 1.82) is 0 Å². The molecule has 1 aromatic heterocycles. The van der Waals surface area contributed by atoms with Gasteiger partial charge in [-0.15, -0.1) is 5.10 Å². The topological polar surface area (TPSA) is 42.7 Å². The molecule has 0 amide bonds. The minimum atomic E-state index is -0.217. The van der Waals surface area contributed by atoms with Crippen LogP contribution >= 0.6 is 0 Å². The van der Waals surface area contributed by atoms with Crippen molar-refractivity contribution in [3.05, 3.63) is 35.8 Å². The molecule has 1 heterocycles. The Kier molecular flexibility index (Phi) is 4.63. The molecule has 102 valence electrons. The molecule has 4 nitrogen and oxygen atoms in total. The average Bonchev–Trinajstić information content (AvgIpc) is 2.85. The molecule has 0 spiro atoms. The lowest BCUT2D eigenvalue weighted by atomic mass is 10.0. The zero-order valence-electron chi connectivity index (χ0n) is 11.4. The van der Waals surface area contributed by atoms with Crippen molar-refractivity contribution in [3.63, 3.8) is 0 Å². The Morgan fingerprint density at radius 2 is 2.16 bits per heavy atom. The first-order valence-electron chi connectivity index (χ1n) is 6.64. The summed E-state index contributed by atoms with van der Waals surface area (Å²) < 4.78 is 15.3. The highest BCUT2D eigenvalue weighted by Gasteiger charge is 2.11. The fourth-order valence-electron chi connectivity index (χ4n) is 2.06. The summed E-state index contributed by atoms with van der Waals surface area (Å²) in [6, 6.07) is 4.85. The van der Waals surface area contributed by atoms with E-state index in [4.69, 9.17) is 0 Å². The van der Waals surface area contributed by atoms with Crippen LogP contribution in [0.25, 0.3) is 11.3 Å². The first-order chi connectivity index (χ1) is 9.26. The van der Waals surface area contributed by atoms with Gasteiger partial charge in [-0.25, -0.2) is 9.07 Å². The van der Waals surface area contributed by atoms with Gasteiger partial charge in [0.15, 0.2) is 0 Å². The molecule has 5 heteroatoms. The predicted octanol–water partition coefficient (Wildman–Crippen LogP) is 2.60. The summed E-state index contributed by atoms with van der Waals surface area (Å²) in [5.74, 6) is -0.217. The minimum absolute atomic E-state index is 0.217. The Balaban J connectivity index is 2.39. The first-order valence-corrected chi connectivity index (χ1v) is 6.64. The molecule has 0 fully saturated rings. The minimum Gasteiger partial charge on any atom is -0.313 e. The van der Waals surface area contributed by atoms with Crippen LogP contribution in [0.1, 0.15) is 25.8 Å². The van der Waals surface area contributed by atoms with Gasteiger partial charge in [-0.3, -0.25) is 0 Å². The van der Waals surface area contributed by atoms with Crippen LogP contribution in [-0.2, 0) is 13.1 Å². The second-order valence-electron chi connectivity index (χ2n) is 4.42. The molecule has 0 aliphatic carbocycles. The molecular weight excluding hydrogens is 243 g/mol. The highest BCUT2D eigenvalue weighted by molar-refractivity contribution is 5.63. The van der Waals surface area contributed by atoms with Crippen LogP contribution in [0, 0.1) is 5.82 Å². The maximum Gasteiger partial charge on any atom is 0.123 e. The Morgan fingerprint density at radius 1 is 1.32 bits per heavy atom. The fraction of sp³-hybridized carbons (Fsp3) is 0.429. The summed E-state index contributed by atoms with van der Waals surface area (Å²) in [6.45, 7) is 6.42. The Hall–Kier alpha value is -1.75. The van der Waals surface area contributed by atoms with Crippen molar-refractivity contribution >= 4 is 0 Å². The van der Waals surface area contributed by atoms with E-state index >= 15 is 0 Å². The highest BCUT2D eigenvalue weighted by atomic mass is 19.1. The number of rotatable bonds is 6. The van der Waals surface area contributed by atoms with E-state index in [1.165, 1.54) is 6.07 Å². The maximum absolute atomic E-state index is 13.4. The largest absolute Gasteiger partial charge is 0.313 e. The summed E-state index contributed by atoms with van der Waals surface area (Å²) >= 11 is 0. The second kappa shape index (κ2) is 6.43. The standard InChI is InChI=1S/C14H19FN4/c1-3-7-19-14(10-17-18-19)13-6-5-12(15)8-11(13)9-16-4-2/h5-6,8,10,16H,3-4,7,9H2,1-2H3. The van der Waals surface area contributed by atoms with E-state index in [0.717, 1.165) is 36.3 Å². The number of nitrogens with one attached hydrogen (secondary N) is 1. The van der Waals surface area contributed by atoms with Crippen LogP contribution in [0.15, 0.2) is 24.4 Å². The van der Waals surface area contributed by atoms with E-state index in [-0.39, 0.29) is 5.82 Å². The van der Waals surface area contributed by atoms with Gasteiger partial charge in [0.25, 0.3) is 0 Å². The average molecular weight is 262 g/mol. The number of benzene rings is 1. The molecule has 0 saturated carbocycles. The quantitative estimate of drug-likeness (QED) is 0.870. The zero-order valence-corrected chi connectivity index (χ0v) is 11.4. The number of hydrogen-bond acceptors (Lipinski definition) is 3. The molecule has 2 rings (SSSR count). The van der Waals surface area contributed by atoms with Gasteiger partial charge in [0.2, 0.25) is 0 Å². The molecule has 0 aliphatic heterocycles. The molecule has 0 bridgehead atoms. The molecule has 0 aliphatic rings. The summed E-state index contributed by atoms with van der Waals surface area (Å²) in [6.07, 6.45) is 2.72. The van der Waals surface area contributed by atoms with Gasteiger partial charge in [0.05, 0.1) is 11.9 Å². The molecule has 0 saturated heterocycles. The molecule has 0 unspecified atom stereocenters. The molecular formula is C14H19FN4. The lowest BCUT2D eigenvalue weighted by Gasteiger charge is -2.11. The normalized spacial score (nSPS) is 10.9. The number of nitrogens with zero attached hydrogens (tertiary/aromatic N) is 3. The summed E-state index contributed by atoms with van der Waals surface area (Å²) in [7, 11) is 0. The van der Waals surface area contributed by atoms with E-state index in [1.54, 1.807) is 18.3 Å². The zero-order chi connectivity index (χ0) is 13.7. The molecule has 19 heavy (non-hydrogen) atoms. The van der Waals surface area contributed by atoms with Crippen LogP contribution in [0.3, 0.4) is 0 Å². The van der Waals surface area contributed by atoms with Crippen LogP contribution in [-0.4, -0.2) is 21.5 Å². The SMILES string of the molecule is CCCn1nncc1-c1ccc(F)cc1CNCC.